The molecule has 4 fully saturated rings. The third-order valence-corrected chi connectivity index (χ3v) is 13.3. The second-order valence-corrected chi connectivity index (χ2v) is 17.0. The molecule has 4 bridgehead atoms. The van der Waals surface area contributed by atoms with E-state index in [1.54, 1.807) is 4.90 Å². The van der Waals surface area contributed by atoms with E-state index in [0.29, 0.717) is 32.4 Å². The van der Waals surface area contributed by atoms with Gasteiger partial charge in [-0.1, -0.05) is 43.5 Å². The molecule has 5 amide bonds. The predicted molar refractivity (Wildman–Crippen MR) is 181 cm³/mol. The maximum Gasteiger partial charge on any atom is 0.410 e. The molecular weight excluding hydrogens is 662 g/mol. The average molecular weight is 710 g/mol. The van der Waals surface area contributed by atoms with Crippen LogP contribution in [-0.4, -0.2) is 83.5 Å². The Kier molecular flexibility index (Phi) is 9.42. The maximum absolute atomic E-state index is 14.5. The first-order valence-electron chi connectivity index (χ1n) is 18.1. The number of ether oxygens (including phenoxy) is 1. The van der Waals surface area contributed by atoms with Gasteiger partial charge in [0.15, 0.2) is 0 Å². The van der Waals surface area contributed by atoms with Crippen molar-refractivity contribution >= 4 is 39.7 Å². The summed E-state index contributed by atoms with van der Waals surface area (Å²) in [5.41, 5.74) is 1.82. The topological polar surface area (TPSA) is 171 Å². The van der Waals surface area contributed by atoms with Crippen LogP contribution in [-0.2, 0) is 53.4 Å². The van der Waals surface area contributed by atoms with Crippen LogP contribution >= 0.6 is 0 Å². The highest BCUT2D eigenvalue weighted by atomic mass is 32.2. The molecule has 14 heteroatoms. The van der Waals surface area contributed by atoms with E-state index in [9.17, 15) is 32.4 Å². The fourth-order valence-electron chi connectivity index (χ4n) is 8.34. The fraction of sp³-hybridized carbons (Fsp3) is 0.639. The molecule has 3 aliphatic carbocycles. The molecule has 3 aliphatic heterocycles. The molecule has 0 radical (unpaired) electrons. The molecule has 270 valence electrons. The largest absolute Gasteiger partial charge is 0.444 e. The number of sulfonamides is 1. The van der Waals surface area contributed by atoms with E-state index in [2.05, 4.69) is 28.0 Å². The van der Waals surface area contributed by atoms with Crippen LogP contribution < -0.4 is 15.4 Å². The van der Waals surface area contributed by atoms with Crippen molar-refractivity contribution in [2.75, 3.05) is 6.54 Å². The third kappa shape index (κ3) is 6.87. The van der Waals surface area contributed by atoms with Gasteiger partial charge in [0.25, 0.3) is 5.91 Å². The van der Waals surface area contributed by atoms with Crippen LogP contribution in [0.5, 0.6) is 0 Å². The molecule has 1 saturated heterocycles. The number of carbonyl (C=O) groups excluding carboxylic acids is 5. The molecule has 0 spiro atoms. The molecule has 5 atom stereocenters. The quantitative estimate of drug-likeness (QED) is 0.363. The summed E-state index contributed by atoms with van der Waals surface area (Å²) in [6, 6.07) is 4.12. The van der Waals surface area contributed by atoms with Gasteiger partial charge in [0, 0.05) is 31.8 Å². The van der Waals surface area contributed by atoms with Crippen molar-refractivity contribution in [1.82, 2.24) is 25.2 Å². The molecule has 0 aromatic heterocycles. The van der Waals surface area contributed by atoms with E-state index in [4.69, 9.17) is 4.74 Å². The number of carbonyl (C=O) groups is 5. The lowest BCUT2D eigenvalue weighted by Gasteiger charge is -2.32. The number of aryl methyl sites for hydroxylation is 1. The summed E-state index contributed by atoms with van der Waals surface area (Å²) in [5, 5.41) is 5.17. The SMILES string of the molecule is C=C[C@H]1C[C@]1(NC(=O)[C@@H]1C[C@@H]2CN1C(=O)[C@H](C1CCCC1)NC(=O)CCCCCc1cccc3c1CN(C3)C(=O)O2)C(=O)NS(=O)(=O)C1CC1. The zero-order valence-electron chi connectivity index (χ0n) is 28.4. The molecule has 1 aromatic rings. The first kappa shape index (κ1) is 34.5. The van der Waals surface area contributed by atoms with Crippen LogP contribution in [0.3, 0.4) is 0 Å². The van der Waals surface area contributed by atoms with Gasteiger partial charge in [0.05, 0.1) is 11.8 Å². The fourth-order valence-corrected chi connectivity index (χ4v) is 9.70. The lowest BCUT2D eigenvalue weighted by atomic mass is 9.95. The summed E-state index contributed by atoms with van der Waals surface area (Å²) in [6.45, 7) is 4.51. The molecular formula is C36H47N5O8S. The summed E-state index contributed by atoms with van der Waals surface area (Å²) >= 11 is 0. The summed E-state index contributed by atoms with van der Waals surface area (Å²) in [6.07, 6.45) is 8.12. The summed E-state index contributed by atoms with van der Waals surface area (Å²) < 4.78 is 33.4. The second-order valence-electron chi connectivity index (χ2n) is 15.0. The standard InChI is InChI=1S/C36H47N5O8S/c1-2-25-18-36(25,34(45)39-50(47,48)27-15-16-27)38-32(43)29-17-26-20-41(29)33(44)31(23-10-6-7-11-23)37-30(42)14-5-3-4-9-22-12-8-13-24-19-40(21-28(22)24)35(46)49-26/h2,8,12-13,23,25-27,29,31H,1,3-7,9-11,14-21H2,(H,37,42)(H,38,43)(H,39,45)/t25-,26+,29-,31-,36+/m0/s1. The van der Waals surface area contributed by atoms with E-state index in [1.807, 2.05) is 12.1 Å². The number of hydrogen-bond acceptors (Lipinski definition) is 8. The molecule has 6 aliphatic rings. The van der Waals surface area contributed by atoms with Crippen LogP contribution in [0.1, 0.15) is 93.7 Å². The zero-order valence-corrected chi connectivity index (χ0v) is 29.2. The monoisotopic (exact) mass is 709 g/mol. The molecule has 3 heterocycles. The highest BCUT2D eigenvalue weighted by Gasteiger charge is 2.62. The normalized spacial score (nSPS) is 30.6. The van der Waals surface area contributed by atoms with E-state index in [0.717, 1.165) is 56.1 Å². The number of fused-ring (bicyclic) bond motifs is 3. The number of nitrogens with zero attached hydrogens (tertiary/aromatic N) is 2. The molecule has 13 nitrogen and oxygen atoms in total. The molecule has 3 N–H and O–H groups in total. The number of amides is 5. The number of nitrogens with one attached hydrogen (secondary N) is 3. The third-order valence-electron chi connectivity index (χ3n) is 11.5. The van der Waals surface area contributed by atoms with Crippen LogP contribution in [0.15, 0.2) is 30.9 Å². The first-order chi connectivity index (χ1) is 24.0. The van der Waals surface area contributed by atoms with Gasteiger partial charge in [-0.15, -0.1) is 6.58 Å². The van der Waals surface area contributed by atoms with Gasteiger partial charge < -0.3 is 20.3 Å². The van der Waals surface area contributed by atoms with Gasteiger partial charge in [0.2, 0.25) is 27.7 Å². The minimum Gasteiger partial charge on any atom is -0.444 e. The number of rotatable bonds is 7. The van der Waals surface area contributed by atoms with Crippen LogP contribution in [0.2, 0.25) is 0 Å². The van der Waals surface area contributed by atoms with E-state index in [1.165, 1.54) is 16.5 Å². The Morgan fingerprint density at radius 3 is 2.44 bits per heavy atom. The van der Waals surface area contributed by atoms with Crippen LogP contribution in [0.25, 0.3) is 0 Å². The highest BCUT2D eigenvalue weighted by molar-refractivity contribution is 7.91. The molecule has 50 heavy (non-hydrogen) atoms. The van der Waals surface area contributed by atoms with Gasteiger partial charge in [-0.25, -0.2) is 13.2 Å². The van der Waals surface area contributed by atoms with E-state index < -0.39 is 68.7 Å². The summed E-state index contributed by atoms with van der Waals surface area (Å²) in [7, 11) is -3.88. The van der Waals surface area contributed by atoms with Crippen molar-refractivity contribution in [3.05, 3.63) is 47.5 Å². The number of benzene rings is 1. The minimum absolute atomic E-state index is 0.0164. The zero-order chi connectivity index (χ0) is 35.2. The van der Waals surface area contributed by atoms with Crippen molar-refractivity contribution in [3.8, 4) is 0 Å². The molecule has 1 aromatic carbocycles. The van der Waals surface area contributed by atoms with Crippen LogP contribution in [0, 0.1) is 11.8 Å². The Balaban J connectivity index is 1.15. The van der Waals surface area contributed by atoms with Crippen molar-refractivity contribution in [2.45, 2.75) is 126 Å². The Morgan fingerprint density at radius 2 is 1.72 bits per heavy atom. The van der Waals surface area contributed by atoms with E-state index in [-0.39, 0.29) is 37.6 Å². The Morgan fingerprint density at radius 1 is 0.980 bits per heavy atom. The number of hydrogen-bond donors (Lipinski definition) is 3. The minimum atomic E-state index is -3.88. The van der Waals surface area contributed by atoms with Crippen molar-refractivity contribution < 1.29 is 37.1 Å². The highest BCUT2D eigenvalue weighted by Crippen LogP contribution is 2.45. The predicted octanol–water partition coefficient (Wildman–Crippen LogP) is 2.57. The maximum atomic E-state index is 14.5. The Labute approximate surface area is 293 Å². The van der Waals surface area contributed by atoms with E-state index >= 15 is 0 Å². The lowest BCUT2D eigenvalue weighted by molar-refractivity contribution is -0.143. The lowest BCUT2D eigenvalue weighted by Crippen LogP contribution is -2.59. The van der Waals surface area contributed by atoms with Gasteiger partial charge in [-0.2, -0.15) is 0 Å². The van der Waals surface area contributed by atoms with Gasteiger partial charge in [0.1, 0.15) is 23.7 Å². The smallest absolute Gasteiger partial charge is 0.410 e. The second kappa shape index (κ2) is 13.6. The van der Waals surface area contributed by atoms with Crippen molar-refractivity contribution in [2.24, 2.45) is 11.8 Å². The molecule has 0 unspecified atom stereocenters. The summed E-state index contributed by atoms with van der Waals surface area (Å²) in [4.78, 5) is 71.9. The first-order valence-corrected chi connectivity index (χ1v) is 19.7. The molecule has 3 saturated carbocycles. The van der Waals surface area contributed by atoms with Gasteiger partial charge in [-0.3, -0.25) is 28.8 Å². The average Bonchev–Trinajstić information content (AvgIpc) is 3.86. The Bertz CT molecular complexity index is 1690. The molecule has 7 rings (SSSR count). The van der Waals surface area contributed by atoms with Crippen LogP contribution in [0.4, 0.5) is 4.79 Å². The van der Waals surface area contributed by atoms with Crippen molar-refractivity contribution in [3.63, 3.8) is 0 Å². The van der Waals surface area contributed by atoms with Crippen molar-refractivity contribution in [1.29, 1.82) is 0 Å². The summed E-state index contributed by atoms with van der Waals surface area (Å²) in [5.74, 6) is -2.72. The van der Waals surface area contributed by atoms with Gasteiger partial charge >= 0.3 is 6.09 Å². The van der Waals surface area contributed by atoms with Gasteiger partial charge in [-0.05, 0) is 74.0 Å². The Hall–Kier alpha value is -3.94.